The van der Waals surface area contributed by atoms with E-state index in [-0.39, 0.29) is 29.8 Å². The van der Waals surface area contributed by atoms with Crippen LogP contribution in [0.4, 0.5) is 20.3 Å². The van der Waals surface area contributed by atoms with Crippen LogP contribution in [0.15, 0.2) is 41.4 Å². The Labute approximate surface area is 181 Å². The molecular weight excluding hydrogens is 426 g/mol. The van der Waals surface area contributed by atoms with Gasteiger partial charge in [-0.25, -0.2) is 22.2 Å². The predicted molar refractivity (Wildman–Crippen MR) is 114 cm³/mol. The summed E-state index contributed by atoms with van der Waals surface area (Å²) in [5.41, 5.74) is 0.581. The normalized spacial score (nSPS) is 15.6. The molecule has 7 nitrogen and oxygen atoms in total. The van der Waals surface area contributed by atoms with Crippen molar-refractivity contribution in [2.24, 2.45) is 5.92 Å². The summed E-state index contributed by atoms with van der Waals surface area (Å²) in [6.07, 6.45) is 2.27. The zero-order valence-corrected chi connectivity index (χ0v) is 18.3. The van der Waals surface area contributed by atoms with Crippen LogP contribution in [0.5, 0.6) is 0 Å². The van der Waals surface area contributed by atoms with Crippen molar-refractivity contribution in [3.8, 4) is 0 Å². The molecule has 2 heterocycles. The highest BCUT2D eigenvalue weighted by Crippen LogP contribution is 2.26. The van der Waals surface area contributed by atoms with E-state index >= 15 is 0 Å². The largest absolute Gasteiger partial charge is 0.357 e. The van der Waals surface area contributed by atoms with Crippen molar-refractivity contribution in [2.75, 3.05) is 36.4 Å². The molecule has 31 heavy (non-hydrogen) atoms. The van der Waals surface area contributed by atoms with Crippen molar-refractivity contribution in [3.05, 3.63) is 48.2 Å². The summed E-state index contributed by atoms with van der Waals surface area (Å²) >= 11 is 0. The number of halogens is 2. The van der Waals surface area contributed by atoms with E-state index in [0.29, 0.717) is 24.6 Å². The molecule has 0 saturated carbocycles. The van der Waals surface area contributed by atoms with Gasteiger partial charge >= 0.3 is 0 Å². The molecule has 0 bridgehead atoms. The minimum absolute atomic E-state index is 0.124. The van der Waals surface area contributed by atoms with E-state index in [4.69, 9.17) is 0 Å². The van der Waals surface area contributed by atoms with Gasteiger partial charge in [0.1, 0.15) is 5.82 Å². The molecule has 0 atom stereocenters. The number of nitrogens with zero attached hydrogens (tertiary/aromatic N) is 3. The fraction of sp³-hybridized carbons (Fsp3) is 0.429. The van der Waals surface area contributed by atoms with E-state index in [2.05, 4.69) is 15.2 Å². The number of sulfonamides is 1. The topological polar surface area (TPSA) is 82.6 Å². The highest BCUT2D eigenvalue weighted by atomic mass is 32.2. The number of rotatable bonds is 7. The standard InChI is InChI=1S/C21H26F2N4O3S/c1-3-26(4-2)20-8-5-16(14-24-20)25-21(28)15-9-11-27(12-10-15)31(29,30)17-6-7-18(22)19(23)13-17/h5-8,13-15H,3-4,9-12H2,1-2H3,(H,25,28). The molecule has 10 heteroatoms. The van der Waals surface area contributed by atoms with E-state index in [9.17, 15) is 22.0 Å². The molecule has 1 fully saturated rings. The number of nitrogens with one attached hydrogen (secondary N) is 1. The molecule has 0 unspecified atom stereocenters. The Kier molecular flexibility index (Phi) is 7.22. The number of pyridine rings is 1. The molecule has 1 amide bonds. The van der Waals surface area contributed by atoms with Gasteiger partial charge < -0.3 is 10.2 Å². The first-order chi connectivity index (χ1) is 14.8. The van der Waals surface area contributed by atoms with E-state index in [1.54, 1.807) is 12.3 Å². The van der Waals surface area contributed by atoms with E-state index < -0.39 is 21.7 Å². The van der Waals surface area contributed by atoms with E-state index in [1.807, 2.05) is 19.9 Å². The molecule has 1 aromatic carbocycles. The summed E-state index contributed by atoms with van der Waals surface area (Å²) in [6.45, 7) is 6.00. The number of hydrogen-bond acceptors (Lipinski definition) is 5. The van der Waals surface area contributed by atoms with Crippen LogP contribution < -0.4 is 10.2 Å². The lowest BCUT2D eigenvalue weighted by atomic mass is 9.97. The van der Waals surface area contributed by atoms with Crippen molar-refractivity contribution < 1.29 is 22.0 Å². The van der Waals surface area contributed by atoms with Crippen LogP contribution in [-0.4, -0.2) is 49.8 Å². The molecule has 1 N–H and O–H groups in total. The van der Waals surface area contributed by atoms with Gasteiger partial charge in [0.05, 0.1) is 16.8 Å². The Bertz CT molecular complexity index is 1020. The van der Waals surface area contributed by atoms with Gasteiger partial charge in [0, 0.05) is 32.1 Å². The van der Waals surface area contributed by atoms with Gasteiger partial charge in [0.15, 0.2) is 11.6 Å². The number of anilines is 2. The third kappa shape index (κ3) is 5.19. The first-order valence-electron chi connectivity index (χ1n) is 10.2. The number of hydrogen-bond donors (Lipinski definition) is 1. The Morgan fingerprint density at radius 2 is 1.81 bits per heavy atom. The predicted octanol–water partition coefficient (Wildman–Crippen LogP) is 3.25. The van der Waals surface area contributed by atoms with Crippen molar-refractivity contribution in [1.82, 2.24) is 9.29 Å². The van der Waals surface area contributed by atoms with Gasteiger partial charge in [-0.2, -0.15) is 4.31 Å². The summed E-state index contributed by atoms with van der Waals surface area (Å²) in [7, 11) is -3.95. The van der Waals surface area contributed by atoms with Crippen molar-refractivity contribution in [1.29, 1.82) is 0 Å². The number of benzene rings is 1. The average Bonchev–Trinajstić information content (AvgIpc) is 2.77. The number of carbonyl (C=O) groups excluding carboxylic acids is 1. The zero-order chi connectivity index (χ0) is 22.6. The molecule has 1 saturated heterocycles. The van der Waals surface area contributed by atoms with E-state index in [0.717, 1.165) is 31.0 Å². The molecule has 1 aromatic heterocycles. The fourth-order valence-corrected chi connectivity index (χ4v) is 5.07. The summed E-state index contributed by atoms with van der Waals surface area (Å²) in [6, 6.07) is 6.16. The Morgan fingerprint density at radius 1 is 1.13 bits per heavy atom. The van der Waals surface area contributed by atoms with Crippen LogP contribution in [-0.2, 0) is 14.8 Å². The lowest BCUT2D eigenvalue weighted by Gasteiger charge is -2.30. The van der Waals surface area contributed by atoms with Gasteiger partial charge in [-0.15, -0.1) is 0 Å². The molecule has 168 valence electrons. The van der Waals surface area contributed by atoms with Crippen LogP contribution >= 0.6 is 0 Å². The lowest BCUT2D eigenvalue weighted by molar-refractivity contribution is -0.120. The molecule has 1 aliphatic rings. The minimum atomic E-state index is -3.95. The Morgan fingerprint density at radius 3 is 2.35 bits per heavy atom. The molecule has 3 rings (SSSR count). The molecule has 0 aliphatic carbocycles. The van der Waals surface area contributed by atoms with E-state index in [1.165, 1.54) is 4.31 Å². The first-order valence-corrected chi connectivity index (χ1v) is 11.7. The number of aromatic nitrogens is 1. The monoisotopic (exact) mass is 452 g/mol. The maximum atomic E-state index is 13.4. The first kappa shape index (κ1) is 23.1. The lowest BCUT2D eigenvalue weighted by Crippen LogP contribution is -2.41. The van der Waals surface area contributed by atoms with Crippen LogP contribution in [0.25, 0.3) is 0 Å². The van der Waals surface area contributed by atoms with Crippen LogP contribution in [0.2, 0.25) is 0 Å². The van der Waals surface area contributed by atoms with Gasteiger partial charge in [-0.3, -0.25) is 4.79 Å². The zero-order valence-electron chi connectivity index (χ0n) is 17.5. The van der Waals surface area contributed by atoms with Crippen LogP contribution in [0, 0.1) is 17.6 Å². The van der Waals surface area contributed by atoms with Gasteiger partial charge in [0.25, 0.3) is 0 Å². The smallest absolute Gasteiger partial charge is 0.243 e. The van der Waals surface area contributed by atoms with Crippen LogP contribution in [0.3, 0.4) is 0 Å². The molecule has 0 radical (unpaired) electrons. The fourth-order valence-electron chi connectivity index (χ4n) is 3.58. The van der Waals surface area contributed by atoms with Gasteiger partial charge in [-0.1, -0.05) is 0 Å². The second kappa shape index (κ2) is 9.69. The van der Waals surface area contributed by atoms with Gasteiger partial charge in [-0.05, 0) is 57.0 Å². The third-order valence-corrected chi connectivity index (χ3v) is 7.35. The molecule has 2 aromatic rings. The van der Waals surface area contributed by atoms with Crippen molar-refractivity contribution in [3.63, 3.8) is 0 Å². The Hall–Kier alpha value is -2.59. The number of carbonyl (C=O) groups is 1. The second-order valence-electron chi connectivity index (χ2n) is 7.32. The quantitative estimate of drug-likeness (QED) is 0.697. The summed E-state index contributed by atoms with van der Waals surface area (Å²) in [5.74, 6) is -2.02. The SMILES string of the molecule is CCN(CC)c1ccc(NC(=O)C2CCN(S(=O)(=O)c3ccc(F)c(F)c3)CC2)cn1. The number of amides is 1. The maximum Gasteiger partial charge on any atom is 0.243 e. The number of piperidine rings is 1. The highest BCUT2D eigenvalue weighted by Gasteiger charge is 2.32. The Balaban J connectivity index is 1.59. The summed E-state index contributed by atoms with van der Waals surface area (Å²) in [5, 5.41) is 2.83. The van der Waals surface area contributed by atoms with Crippen molar-refractivity contribution in [2.45, 2.75) is 31.6 Å². The molecular formula is C21H26F2N4O3S. The summed E-state index contributed by atoms with van der Waals surface area (Å²) in [4.78, 5) is 18.8. The van der Waals surface area contributed by atoms with Crippen LogP contribution in [0.1, 0.15) is 26.7 Å². The average molecular weight is 453 g/mol. The minimum Gasteiger partial charge on any atom is -0.357 e. The second-order valence-corrected chi connectivity index (χ2v) is 9.26. The highest BCUT2D eigenvalue weighted by molar-refractivity contribution is 7.89. The molecule has 1 aliphatic heterocycles. The molecule has 0 spiro atoms. The van der Waals surface area contributed by atoms with Crippen molar-refractivity contribution >= 4 is 27.4 Å². The third-order valence-electron chi connectivity index (χ3n) is 5.46. The van der Waals surface area contributed by atoms with Gasteiger partial charge in [0.2, 0.25) is 15.9 Å². The summed E-state index contributed by atoms with van der Waals surface area (Å²) < 4.78 is 53.1. The maximum absolute atomic E-state index is 13.4.